The SMILES string of the molecule is O=C(O)C1C2CCCC2CN1C(=O)NCc1cccnn1. The van der Waals surface area contributed by atoms with E-state index in [0.29, 0.717) is 18.2 Å². The zero-order valence-corrected chi connectivity index (χ0v) is 11.6. The largest absolute Gasteiger partial charge is 0.480 e. The van der Waals surface area contributed by atoms with Gasteiger partial charge in [-0.05, 0) is 36.8 Å². The number of likely N-dealkylation sites (tertiary alicyclic amines) is 1. The summed E-state index contributed by atoms with van der Waals surface area (Å²) in [5.41, 5.74) is 0.650. The Bertz CT molecular complexity index is 536. The summed E-state index contributed by atoms with van der Waals surface area (Å²) in [6, 6.07) is 2.48. The van der Waals surface area contributed by atoms with E-state index in [9.17, 15) is 14.7 Å². The van der Waals surface area contributed by atoms with E-state index < -0.39 is 12.0 Å². The molecule has 2 aliphatic rings. The highest BCUT2D eigenvalue weighted by Gasteiger charge is 2.49. The third-order valence-electron chi connectivity index (χ3n) is 4.45. The predicted molar refractivity (Wildman–Crippen MR) is 73.2 cm³/mol. The number of nitrogens with one attached hydrogen (secondary N) is 1. The van der Waals surface area contributed by atoms with Crippen molar-refractivity contribution in [1.82, 2.24) is 20.4 Å². The maximum atomic E-state index is 12.3. The van der Waals surface area contributed by atoms with Crippen LogP contribution in [0.25, 0.3) is 0 Å². The van der Waals surface area contributed by atoms with Gasteiger partial charge >= 0.3 is 12.0 Å². The molecule has 2 heterocycles. The van der Waals surface area contributed by atoms with Crippen LogP contribution in [0.5, 0.6) is 0 Å². The third kappa shape index (κ3) is 2.68. The minimum absolute atomic E-state index is 0.102. The van der Waals surface area contributed by atoms with Crippen molar-refractivity contribution in [2.24, 2.45) is 11.8 Å². The summed E-state index contributed by atoms with van der Waals surface area (Å²) in [6.45, 7) is 0.790. The van der Waals surface area contributed by atoms with E-state index in [1.165, 1.54) is 4.90 Å². The Morgan fingerprint density at radius 2 is 2.29 bits per heavy atom. The molecule has 1 aliphatic carbocycles. The van der Waals surface area contributed by atoms with Gasteiger partial charge in [-0.25, -0.2) is 9.59 Å². The molecule has 2 amide bonds. The standard InChI is InChI=1S/C14H18N4O3/c19-13(20)12-11-5-1-3-9(11)8-18(12)14(21)15-7-10-4-2-6-16-17-10/h2,4,6,9,11-12H,1,3,5,7-8H2,(H,15,21)(H,19,20). The molecule has 1 saturated heterocycles. The lowest BCUT2D eigenvalue weighted by Gasteiger charge is -2.24. The molecule has 3 unspecified atom stereocenters. The number of carbonyl (C=O) groups excluding carboxylic acids is 1. The molecule has 21 heavy (non-hydrogen) atoms. The minimum atomic E-state index is -0.904. The average Bonchev–Trinajstić information content (AvgIpc) is 3.05. The molecule has 0 radical (unpaired) electrons. The maximum absolute atomic E-state index is 12.3. The van der Waals surface area contributed by atoms with Crippen molar-refractivity contribution in [1.29, 1.82) is 0 Å². The number of carbonyl (C=O) groups is 2. The fourth-order valence-electron chi connectivity index (χ4n) is 3.53. The van der Waals surface area contributed by atoms with Crippen LogP contribution in [0.4, 0.5) is 4.79 Å². The Kier molecular flexibility index (Phi) is 3.72. The molecular weight excluding hydrogens is 272 g/mol. The Hall–Kier alpha value is -2.18. The van der Waals surface area contributed by atoms with Gasteiger partial charge in [0.05, 0.1) is 12.2 Å². The molecule has 1 aliphatic heterocycles. The molecule has 7 heteroatoms. The number of rotatable bonds is 3. The summed E-state index contributed by atoms with van der Waals surface area (Å²) in [5.74, 6) is -0.475. The van der Waals surface area contributed by atoms with Gasteiger partial charge in [0.1, 0.15) is 6.04 Å². The van der Waals surface area contributed by atoms with Gasteiger partial charge in [0.25, 0.3) is 0 Å². The fraction of sp³-hybridized carbons (Fsp3) is 0.571. The number of urea groups is 1. The number of nitrogens with zero attached hydrogens (tertiary/aromatic N) is 3. The molecule has 112 valence electrons. The summed E-state index contributed by atoms with van der Waals surface area (Å²) in [7, 11) is 0. The van der Waals surface area contributed by atoms with Crippen LogP contribution < -0.4 is 5.32 Å². The molecule has 0 spiro atoms. The molecule has 3 atom stereocenters. The summed E-state index contributed by atoms with van der Waals surface area (Å²) in [4.78, 5) is 25.2. The van der Waals surface area contributed by atoms with Gasteiger partial charge in [-0.1, -0.05) is 6.42 Å². The third-order valence-corrected chi connectivity index (χ3v) is 4.45. The molecule has 7 nitrogen and oxygen atoms in total. The number of hydrogen-bond donors (Lipinski definition) is 2. The second kappa shape index (κ2) is 5.67. The van der Waals surface area contributed by atoms with Gasteiger partial charge in [0.2, 0.25) is 0 Å². The lowest BCUT2D eigenvalue weighted by atomic mass is 9.94. The van der Waals surface area contributed by atoms with Crippen molar-refractivity contribution in [3.05, 3.63) is 24.0 Å². The number of hydrogen-bond acceptors (Lipinski definition) is 4. The van der Waals surface area contributed by atoms with E-state index in [1.54, 1.807) is 18.3 Å². The lowest BCUT2D eigenvalue weighted by Crippen LogP contribution is -2.47. The highest BCUT2D eigenvalue weighted by atomic mass is 16.4. The van der Waals surface area contributed by atoms with Gasteiger partial charge in [0.15, 0.2) is 0 Å². The van der Waals surface area contributed by atoms with Crippen molar-refractivity contribution in [3.8, 4) is 0 Å². The average molecular weight is 290 g/mol. The first-order valence-corrected chi connectivity index (χ1v) is 7.20. The zero-order chi connectivity index (χ0) is 14.8. The molecule has 3 rings (SSSR count). The molecular formula is C14H18N4O3. The van der Waals surface area contributed by atoms with Crippen LogP contribution in [0, 0.1) is 11.8 Å². The van der Waals surface area contributed by atoms with E-state index in [4.69, 9.17) is 0 Å². The summed E-state index contributed by atoms with van der Waals surface area (Å²) in [6.07, 6.45) is 4.54. The van der Waals surface area contributed by atoms with Crippen molar-refractivity contribution >= 4 is 12.0 Å². The summed E-state index contributed by atoms with van der Waals surface area (Å²) < 4.78 is 0. The van der Waals surface area contributed by atoms with Crippen molar-refractivity contribution < 1.29 is 14.7 Å². The molecule has 1 aromatic heterocycles. The number of aromatic nitrogens is 2. The Labute approximate surface area is 122 Å². The van der Waals surface area contributed by atoms with Gasteiger partial charge < -0.3 is 15.3 Å². The lowest BCUT2D eigenvalue weighted by molar-refractivity contribution is -0.142. The first-order chi connectivity index (χ1) is 10.2. The highest BCUT2D eigenvalue weighted by Crippen LogP contribution is 2.42. The van der Waals surface area contributed by atoms with Crippen LogP contribution in [-0.2, 0) is 11.3 Å². The van der Waals surface area contributed by atoms with Crippen molar-refractivity contribution in [2.75, 3.05) is 6.54 Å². The molecule has 2 N–H and O–H groups in total. The van der Waals surface area contributed by atoms with E-state index >= 15 is 0 Å². The number of carboxylic acid groups (broad SMARTS) is 1. The molecule has 0 bridgehead atoms. The second-order valence-electron chi connectivity index (χ2n) is 5.66. The number of amides is 2. The Morgan fingerprint density at radius 1 is 1.43 bits per heavy atom. The second-order valence-corrected chi connectivity index (χ2v) is 5.66. The van der Waals surface area contributed by atoms with Crippen LogP contribution in [0.2, 0.25) is 0 Å². The first kappa shape index (κ1) is 13.8. The quantitative estimate of drug-likeness (QED) is 0.861. The molecule has 2 fully saturated rings. The Morgan fingerprint density at radius 3 is 3.00 bits per heavy atom. The van der Waals surface area contributed by atoms with E-state index in [-0.39, 0.29) is 18.5 Å². The number of aliphatic carboxylic acids is 1. The zero-order valence-electron chi connectivity index (χ0n) is 11.6. The monoisotopic (exact) mass is 290 g/mol. The smallest absolute Gasteiger partial charge is 0.326 e. The normalized spacial score (nSPS) is 27.4. The van der Waals surface area contributed by atoms with Gasteiger partial charge in [-0.15, -0.1) is 0 Å². The van der Waals surface area contributed by atoms with E-state index in [1.807, 2.05) is 0 Å². The topological polar surface area (TPSA) is 95.4 Å². The van der Waals surface area contributed by atoms with Crippen LogP contribution in [0.3, 0.4) is 0 Å². The predicted octanol–water partition coefficient (Wildman–Crippen LogP) is 0.871. The Balaban J connectivity index is 1.65. The highest BCUT2D eigenvalue weighted by molar-refractivity contribution is 5.83. The number of carboxylic acids is 1. The van der Waals surface area contributed by atoms with E-state index in [0.717, 1.165) is 19.3 Å². The van der Waals surface area contributed by atoms with Crippen LogP contribution in [0.1, 0.15) is 25.0 Å². The number of fused-ring (bicyclic) bond motifs is 1. The summed E-state index contributed by atoms with van der Waals surface area (Å²) in [5, 5.41) is 19.8. The molecule has 0 aromatic carbocycles. The van der Waals surface area contributed by atoms with Crippen molar-refractivity contribution in [2.45, 2.75) is 31.8 Å². The fourth-order valence-corrected chi connectivity index (χ4v) is 3.53. The minimum Gasteiger partial charge on any atom is -0.480 e. The van der Waals surface area contributed by atoms with Gasteiger partial charge in [0, 0.05) is 12.7 Å². The molecule has 1 aromatic rings. The van der Waals surface area contributed by atoms with Crippen molar-refractivity contribution in [3.63, 3.8) is 0 Å². The summed E-state index contributed by atoms with van der Waals surface area (Å²) >= 11 is 0. The van der Waals surface area contributed by atoms with Gasteiger partial charge in [-0.2, -0.15) is 10.2 Å². The molecule has 1 saturated carbocycles. The van der Waals surface area contributed by atoms with Crippen LogP contribution in [0.15, 0.2) is 18.3 Å². The van der Waals surface area contributed by atoms with E-state index in [2.05, 4.69) is 15.5 Å². The van der Waals surface area contributed by atoms with Gasteiger partial charge in [-0.3, -0.25) is 0 Å². The van der Waals surface area contributed by atoms with Crippen LogP contribution in [-0.4, -0.2) is 44.8 Å². The van der Waals surface area contributed by atoms with Crippen LogP contribution >= 0.6 is 0 Å². The first-order valence-electron chi connectivity index (χ1n) is 7.20. The maximum Gasteiger partial charge on any atom is 0.326 e.